The molecule has 3 aliphatic rings. The molecule has 3 rings (SSSR count). The highest BCUT2D eigenvalue weighted by atomic mass is 16.6. The Morgan fingerprint density at radius 2 is 2.00 bits per heavy atom. The molecular formula is C13H23NO2. The summed E-state index contributed by atoms with van der Waals surface area (Å²) in [6.07, 6.45) is 9.54. The van der Waals surface area contributed by atoms with E-state index in [1.54, 1.807) is 0 Å². The highest BCUT2D eigenvalue weighted by Gasteiger charge is 2.54. The van der Waals surface area contributed by atoms with Gasteiger partial charge < -0.3 is 15.2 Å². The monoisotopic (exact) mass is 225 g/mol. The van der Waals surface area contributed by atoms with Gasteiger partial charge in [0, 0.05) is 18.1 Å². The summed E-state index contributed by atoms with van der Waals surface area (Å²) in [5.74, 6) is 0. The lowest BCUT2D eigenvalue weighted by molar-refractivity contribution is -0.167. The minimum atomic E-state index is 0.334. The predicted octanol–water partition coefficient (Wildman–Crippen LogP) is 1.84. The topological polar surface area (TPSA) is 44.5 Å². The molecule has 0 aromatic rings. The first-order chi connectivity index (χ1) is 7.81. The normalized spacial score (nSPS) is 42.2. The Balaban J connectivity index is 1.62. The molecule has 2 aliphatic carbocycles. The molecule has 1 heterocycles. The van der Waals surface area contributed by atoms with Crippen LogP contribution in [0.1, 0.15) is 44.9 Å². The fourth-order valence-corrected chi connectivity index (χ4v) is 3.72. The van der Waals surface area contributed by atoms with E-state index in [-0.39, 0.29) is 0 Å². The SMILES string of the molecule is NC1CC(OC2CCOC2)C12CCCCC2. The van der Waals surface area contributed by atoms with Gasteiger partial charge in [0.2, 0.25) is 0 Å². The molecule has 0 amide bonds. The highest BCUT2D eigenvalue weighted by Crippen LogP contribution is 2.52. The largest absolute Gasteiger partial charge is 0.379 e. The van der Waals surface area contributed by atoms with Crippen LogP contribution in [0, 0.1) is 5.41 Å². The molecule has 3 heteroatoms. The fourth-order valence-electron chi connectivity index (χ4n) is 3.72. The maximum atomic E-state index is 6.24. The summed E-state index contributed by atoms with van der Waals surface area (Å²) in [6, 6.07) is 0.389. The number of hydrogen-bond acceptors (Lipinski definition) is 3. The Morgan fingerprint density at radius 1 is 1.19 bits per heavy atom. The summed E-state index contributed by atoms with van der Waals surface area (Å²) in [7, 11) is 0. The van der Waals surface area contributed by atoms with Crippen molar-refractivity contribution in [2.75, 3.05) is 13.2 Å². The van der Waals surface area contributed by atoms with E-state index in [0.717, 1.165) is 26.1 Å². The van der Waals surface area contributed by atoms with Crippen LogP contribution in [-0.2, 0) is 9.47 Å². The molecule has 1 aliphatic heterocycles. The van der Waals surface area contributed by atoms with Gasteiger partial charge in [-0.25, -0.2) is 0 Å². The average Bonchev–Trinajstić information content (AvgIpc) is 2.83. The van der Waals surface area contributed by atoms with Gasteiger partial charge in [0.1, 0.15) is 0 Å². The van der Waals surface area contributed by atoms with Crippen LogP contribution in [0.4, 0.5) is 0 Å². The van der Waals surface area contributed by atoms with Crippen LogP contribution < -0.4 is 5.73 Å². The zero-order chi connectivity index (χ0) is 11.0. The second-order valence-electron chi connectivity index (χ2n) is 5.75. The molecule has 3 nitrogen and oxygen atoms in total. The molecule has 1 saturated heterocycles. The summed E-state index contributed by atoms with van der Waals surface area (Å²) in [5.41, 5.74) is 6.58. The van der Waals surface area contributed by atoms with Gasteiger partial charge in [-0.2, -0.15) is 0 Å². The van der Waals surface area contributed by atoms with Crippen LogP contribution >= 0.6 is 0 Å². The van der Waals surface area contributed by atoms with Crippen molar-refractivity contribution in [2.24, 2.45) is 11.1 Å². The molecule has 0 aromatic heterocycles. The van der Waals surface area contributed by atoms with Gasteiger partial charge in [-0.1, -0.05) is 19.3 Å². The van der Waals surface area contributed by atoms with E-state index < -0.39 is 0 Å². The smallest absolute Gasteiger partial charge is 0.0834 e. The molecule has 16 heavy (non-hydrogen) atoms. The first kappa shape index (κ1) is 11.0. The molecule has 2 saturated carbocycles. The second kappa shape index (κ2) is 4.28. The first-order valence-corrected chi connectivity index (χ1v) is 6.80. The van der Waals surface area contributed by atoms with Gasteiger partial charge in [0.25, 0.3) is 0 Å². The van der Waals surface area contributed by atoms with Gasteiger partial charge in [-0.05, 0) is 25.7 Å². The van der Waals surface area contributed by atoms with Gasteiger partial charge >= 0.3 is 0 Å². The lowest BCUT2D eigenvalue weighted by Gasteiger charge is -2.56. The second-order valence-corrected chi connectivity index (χ2v) is 5.75. The molecule has 92 valence electrons. The summed E-state index contributed by atoms with van der Waals surface area (Å²) in [5, 5.41) is 0. The molecule has 0 radical (unpaired) electrons. The number of rotatable bonds is 2. The first-order valence-electron chi connectivity index (χ1n) is 6.80. The third kappa shape index (κ3) is 1.69. The van der Waals surface area contributed by atoms with E-state index in [1.165, 1.54) is 32.1 Å². The Bertz CT molecular complexity index is 244. The maximum Gasteiger partial charge on any atom is 0.0834 e. The number of hydrogen-bond donors (Lipinski definition) is 1. The molecule has 1 spiro atoms. The van der Waals surface area contributed by atoms with E-state index in [1.807, 2.05) is 0 Å². The van der Waals surface area contributed by atoms with Crippen molar-refractivity contribution >= 4 is 0 Å². The Hall–Kier alpha value is -0.120. The lowest BCUT2D eigenvalue weighted by Crippen LogP contribution is -2.63. The molecule has 3 unspecified atom stereocenters. The van der Waals surface area contributed by atoms with E-state index in [4.69, 9.17) is 15.2 Å². The summed E-state index contributed by atoms with van der Waals surface area (Å²) in [6.45, 7) is 1.66. The van der Waals surface area contributed by atoms with Crippen molar-refractivity contribution in [1.82, 2.24) is 0 Å². The Kier molecular flexibility index (Phi) is 2.94. The van der Waals surface area contributed by atoms with E-state index in [9.17, 15) is 0 Å². The van der Waals surface area contributed by atoms with Crippen molar-refractivity contribution in [2.45, 2.75) is 63.2 Å². The van der Waals surface area contributed by atoms with Gasteiger partial charge in [0.05, 0.1) is 18.8 Å². The van der Waals surface area contributed by atoms with E-state index in [2.05, 4.69) is 0 Å². The van der Waals surface area contributed by atoms with Crippen molar-refractivity contribution in [3.63, 3.8) is 0 Å². The Morgan fingerprint density at radius 3 is 2.62 bits per heavy atom. The minimum Gasteiger partial charge on any atom is -0.379 e. The number of nitrogens with two attached hydrogens (primary N) is 1. The quantitative estimate of drug-likeness (QED) is 0.780. The molecular weight excluding hydrogens is 202 g/mol. The summed E-state index contributed by atoms with van der Waals surface area (Å²) in [4.78, 5) is 0. The van der Waals surface area contributed by atoms with Crippen molar-refractivity contribution in [1.29, 1.82) is 0 Å². The van der Waals surface area contributed by atoms with Gasteiger partial charge in [-0.3, -0.25) is 0 Å². The third-order valence-electron chi connectivity index (χ3n) is 4.88. The van der Waals surface area contributed by atoms with E-state index >= 15 is 0 Å². The molecule has 3 fully saturated rings. The standard InChI is InChI=1S/C13H23NO2/c14-11-8-12(16-10-4-7-15-9-10)13(11)5-2-1-3-6-13/h10-12H,1-9,14H2. The molecule has 0 bridgehead atoms. The van der Waals surface area contributed by atoms with Crippen LogP contribution in [0.5, 0.6) is 0 Å². The van der Waals surface area contributed by atoms with Crippen LogP contribution in [0.25, 0.3) is 0 Å². The van der Waals surface area contributed by atoms with Gasteiger partial charge in [-0.15, -0.1) is 0 Å². The summed E-state index contributed by atoms with van der Waals surface area (Å²) < 4.78 is 11.6. The maximum absolute atomic E-state index is 6.24. The zero-order valence-corrected chi connectivity index (χ0v) is 9.99. The minimum absolute atomic E-state index is 0.334. The van der Waals surface area contributed by atoms with Crippen LogP contribution in [0.15, 0.2) is 0 Å². The Labute approximate surface area is 97.7 Å². The number of ether oxygens (including phenoxy) is 2. The third-order valence-corrected chi connectivity index (χ3v) is 4.88. The lowest BCUT2D eigenvalue weighted by atomic mass is 9.55. The van der Waals surface area contributed by atoms with Crippen LogP contribution in [0.3, 0.4) is 0 Å². The predicted molar refractivity (Wildman–Crippen MR) is 62.2 cm³/mol. The van der Waals surface area contributed by atoms with Crippen molar-refractivity contribution in [3.05, 3.63) is 0 Å². The molecule has 3 atom stereocenters. The average molecular weight is 225 g/mol. The molecule has 2 N–H and O–H groups in total. The van der Waals surface area contributed by atoms with Gasteiger partial charge in [0.15, 0.2) is 0 Å². The zero-order valence-electron chi connectivity index (χ0n) is 9.99. The van der Waals surface area contributed by atoms with Crippen molar-refractivity contribution in [3.8, 4) is 0 Å². The molecule has 0 aromatic carbocycles. The fraction of sp³-hybridized carbons (Fsp3) is 1.00. The van der Waals surface area contributed by atoms with Crippen LogP contribution in [0.2, 0.25) is 0 Å². The summed E-state index contributed by atoms with van der Waals surface area (Å²) >= 11 is 0. The van der Waals surface area contributed by atoms with Crippen molar-refractivity contribution < 1.29 is 9.47 Å². The highest BCUT2D eigenvalue weighted by molar-refractivity contribution is 5.07. The van der Waals surface area contributed by atoms with E-state index in [0.29, 0.717) is 23.7 Å². The van der Waals surface area contributed by atoms with Crippen LogP contribution in [-0.4, -0.2) is 31.5 Å².